The fraction of sp³-hybridized carbons (Fsp3) is 0.348. The number of pyridine rings is 1. The summed E-state index contributed by atoms with van der Waals surface area (Å²) in [5, 5.41) is 1.16. The first kappa shape index (κ1) is 20.0. The molecule has 1 unspecified atom stereocenters. The topological polar surface area (TPSA) is 62.3 Å². The molecule has 6 heteroatoms. The van der Waals surface area contributed by atoms with E-state index in [2.05, 4.69) is 38.9 Å². The van der Waals surface area contributed by atoms with Crippen molar-refractivity contribution in [2.45, 2.75) is 25.1 Å². The van der Waals surface area contributed by atoms with Gasteiger partial charge in [0.05, 0.1) is 11.3 Å². The summed E-state index contributed by atoms with van der Waals surface area (Å²) in [6.07, 6.45) is 3.98. The second kappa shape index (κ2) is 9.03. The van der Waals surface area contributed by atoms with Crippen LogP contribution in [-0.2, 0) is 22.3 Å². The van der Waals surface area contributed by atoms with Gasteiger partial charge in [-0.05, 0) is 42.5 Å². The first-order valence-electron chi connectivity index (χ1n) is 10.2. The zero-order valence-corrected chi connectivity index (χ0v) is 17.3. The summed E-state index contributed by atoms with van der Waals surface area (Å²) in [5.74, 6) is 0.364. The molecule has 0 bridgehead atoms. The predicted molar refractivity (Wildman–Crippen MR) is 117 cm³/mol. The van der Waals surface area contributed by atoms with Crippen LogP contribution in [0.25, 0.3) is 10.9 Å². The van der Waals surface area contributed by atoms with E-state index in [1.165, 1.54) is 5.56 Å². The first-order chi connectivity index (χ1) is 14.1. The summed E-state index contributed by atoms with van der Waals surface area (Å²) < 4.78 is 27.7. The molecule has 1 aliphatic heterocycles. The summed E-state index contributed by atoms with van der Waals surface area (Å²) >= 11 is 0. The normalized spacial score (nSPS) is 18.1. The monoisotopic (exact) mass is 409 g/mol. The van der Waals surface area contributed by atoms with E-state index in [1.54, 1.807) is 0 Å². The Morgan fingerprint density at radius 1 is 1.03 bits per heavy atom. The lowest BCUT2D eigenvalue weighted by Crippen LogP contribution is -2.40. The molecule has 5 nitrogen and oxygen atoms in total. The van der Waals surface area contributed by atoms with Gasteiger partial charge in [-0.1, -0.05) is 54.6 Å². The highest BCUT2D eigenvalue weighted by atomic mass is 32.2. The van der Waals surface area contributed by atoms with Crippen molar-refractivity contribution >= 4 is 20.9 Å². The van der Waals surface area contributed by atoms with Crippen molar-refractivity contribution < 1.29 is 8.42 Å². The Morgan fingerprint density at radius 2 is 1.86 bits per heavy atom. The minimum Gasteiger partial charge on any atom is -0.299 e. The third kappa shape index (κ3) is 5.41. The summed E-state index contributed by atoms with van der Waals surface area (Å²) in [7, 11) is -3.32. The molecule has 1 aromatic heterocycles. The van der Waals surface area contributed by atoms with Crippen LogP contribution in [0.15, 0.2) is 66.9 Å². The van der Waals surface area contributed by atoms with Gasteiger partial charge >= 0.3 is 0 Å². The van der Waals surface area contributed by atoms with E-state index < -0.39 is 10.0 Å². The molecule has 1 N–H and O–H groups in total. The zero-order chi connectivity index (χ0) is 20.1. The molecule has 152 valence electrons. The van der Waals surface area contributed by atoms with Gasteiger partial charge < -0.3 is 0 Å². The number of para-hydroxylation sites is 1. The highest BCUT2D eigenvalue weighted by Crippen LogP contribution is 2.22. The van der Waals surface area contributed by atoms with E-state index in [0.717, 1.165) is 48.9 Å². The summed E-state index contributed by atoms with van der Waals surface area (Å²) in [4.78, 5) is 6.98. The highest BCUT2D eigenvalue weighted by molar-refractivity contribution is 7.88. The molecule has 0 radical (unpaired) electrons. The molecule has 1 aliphatic rings. The molecule has 2 aromatic carbocycles. The summed E-state index contributed by atoms with van der Waals surface area (Å²) in [5.41, 5.74) is 3.10. The average Bonchev–Trinajstić information content (AvgIpc) is 2.73. The highest BCUT2D eigenvalue weighted by Gasteiger charge is 2.22. The van der Waals surface area contributed by atoms with E-state index in [1.807, 2.05) is 42.6 Å². The van der Waals surface area contributed by atoms with Crippen molar-refractivity contribution in [1.82, 2.24) is 14.6 Å². The average molecular weight is 410 g/mol. The van der Waals surface area contributed by atoms with E-state index in [-0.39, 0.29) is 5.75 Å². The Bertz CT molecular complexity index is 1050. The smallest absolute Gasteiger partial charge is 0.215 e. The van der Waals surface area contributed by atoms with Crippen molar-refractivity contribution in [3.63, 3.8) is 0 Å². The SMILES string of the molecule is O=S(=O)(Cc1ccccc1)NCC1CCCN(Cc2cccc3cccnc23)C1. The molecule has 0 aliphatic carbocycles. The number of sulfonamides is 1. The second-order valence-corrected chi connectivity index (χ2v) is 9.64. The lowest BCUT2D eigenvalue weighted by molar-refractivity contribution is 0.169. The van der Waals surface area contributed by atoms with Gasteiger partial charge in [0.25, 0.3) is 0 Å². The number of nitrogens with zero attached hydrogens (tertiary/aromatic N) is 2. The van der Waals surface area contributed by atoms with Gasteiger partial charge in [-0.25, -0.2) is 13.1 Å². The van der Waals surface area contributed by atoms with E-state index in [4.69, 9.17) is 0 Å². The van der Waals surface area contributed by atoms with Crippen LogP contribution in [0.2, 0.25) is 0 Å². The van der Waals surface area contributed by atoms with Gasteiger partial charge in [0, 0.05) is 31.2 Å². The molecular weight excluding hydrogens is 382 g/mol. The van der Waals surface area contributed by atoms with Crippen LogP contribution in [0.3, 0.4) is 0 Å². The number of benzene rings is 2. The van der Waals surface area contributed by atoms with Crippen LogP contribution >= 0.6 is 0 Å². The second-order valence-electron chi connectivity index (χ2n) is 7.83. The first-order valence-corrected chi connectivity index (χ1v) is 11.8. The molecular formula is C23H27N3O2S. The van der Waals surface area contributed by atoms with Gasteiger partial charge in [0.2, 0.25) is 10.0 Å². The molecule has 2 heterocycles. The quantitative estimate of drug-likeness (QED) is 0.648. The minimum absolute atomic E-state index is 0.0337. The molecule has 4 rings (SSSR count). The van der Waals surface area contributed by atoms with Gasteiger partial charge in [0.1, 0.15) is 0 Å². The molecule has 3 aromatic rings. The van der Waals surface area contributed by atoms with Crippen LogP contribution in [0.4, 0.5) is 0 Å². The van der Waals surface area contributed by atoms with Crippen molar-refractivity contribution in [3.8, 4) is 0 Å². The van der Waals surface area contributed by atoms with Crippen LogP contribution in [-0.4, -0.2) is 37.9 Å². The number of hydrogen-bond donors (Lipinski definition) is 1. The van der Waals surface area contributed by atoms with Gasteiger partial charge in [-0.3, -0.25) is 9.88 Å². The number of rotatable bonds is 7. The summed E-state index contributed by atoms with van der Waals surface area (Å²) in [6, 6.07) is 19.7. The van der Waals surface area contributed by atoms with E-state index in [0.29, 0.717) is 12.5 Å². The van der Waals surface area contributed by atoms with Crippen LogP contribution < -0.4 is 4.72 Å². The third-order valence-corrected chi connectivity index (χ3v) is 6.82. The van der Waals surface area contributed by atoms with E-state index >= 15 is 0 Å². The Hall–Kier alpha value is -2.28. The van der Waals surface area contributed by atoms with Gasteiger partial charge in [-0.15, -0.1) is 0 Å². The van der Waals surface area contributed by atoms with Crippen molar-refractivity contribution in [3.05, 3.63) is 78.0 Å². The number of fused-ring (bicyclic) bond motifs is 1. The maximum absolute atomic E-state index is 12.4. The molecule has 0 spiro atoms. The number of nitrogens with one attached hydrogen (secondary N) is 1. The maximum Gasteiger partial charge on any atom is 0.215 e. The van der Waals surface area contributed by atoms with Crippen LogP contribution in [0, 0.1) is 5.92 Å². The van der Waals surface area contributed by atoms with Crippen LogP contribution in [0.5, 0.6) is 0 Å². The minimum atomic E-state index is -3.32. The molecule has 29 heavy (non-hydrogen) atoms. The molecule has 0 saturated carbocycles. The van der Waals surface area contributed by atoms with Crippen molar-refractivity contribution in [1.29, 1.82) is 0 Å². The standard InChI is InChI=1S/C23H27N3O2S/c27-29(28,18-19-7-2-1-3-8-19)25-15-20-9-6-14-26(16-20)17-22-11-4-10-21-12-5-13-24-23(21)22/h1-5,7-8,10-13,20,25H,6,9,14-18H2. The van der Waals surface area contributed by atoms with E-state index in [9.17, 15) is 8.42 Å². The number of piperidine rings is 1. The Morgan fingerprint density at radius 3 is 2.72 bits per heavy atom. The Labute approximate surface area is 172 Å². The number of hydrogen-bond acceptors (Lipinski definition) is 4. The number of likely N-dealkylation sites (tertiary alicyclic amines) is 1. The van der Waals surface area contributed by atoms with Gasteiger partial charge in [-0.2, -0.15) is 0 Å². The molecule has 1 saturated heterocycles. The Balaban J connectivity index is 1.35. The fourth-order valence-corrected chi connectivity index (χ4v) is 5.31. The van der Waals surface area contributed by atoms with Crippen molar-refractivity contribution in [2.24, 2.45) is 5.92 Å². The predicted octanol–water partition coefficient (Wildman–Crippen LogP) is 3.57. The lowest BCUT2D eigenvalue weighted by atomic mass is 9.97. The fourth-order valence-electron chi connectivity index (χ4n) is 4.09. The molecule has 1 fully saturated rings. The largest absolute Gasteiger partial charge is 0.299 e. The number of aromatic nitrogens is 1. The Kier molecular flexibility index (Phi) is 6.23. The third-order valence-electron chi connectivity index (χ3n) is 5.50. The lowest BCUT2D eigenvalue weighted by Gasteiger charge is -2.33. The maximum atomic E-state index is 12.4. The zero-order valence-electron chi connectivity index (χ0n) is 16.5. The summed E-state index contributed by atoms with van der Waals surface area (Å²) in [6.45, 7) is 3.29. The van der Waals surface area contributed by atoms with Gasteiger partial charge in [0.15, 0.2) is 0 Å². The van der Waals surface area contributed by atoms with Crippen molar-refractivity contribution in [2.75, 3.05) is 19.6 Å². The van der Waals surface area contributed by atoms with Crippen LogP contribution in [0.1, 0.15) is 24.0 Å². The molecule has 1 atom stereocenters. The molecule has 0 amide bonds.